The van der Waals surface area contributed by atoms with Gasteiger partial charge in [0.05, 0.1) is 5.41 Å². The van der Waals surface area contributed by atoms with Crippen LogP contribution in [0.15, 0.2) is 65.2 Å². The molecule has 1 N–H and O–H groups in total. The van der Waals surface area contributed by atoms with Crippen molar-refractivity contribution in [2.24, 2.45) is 0 Å². The fraction of sp³-hybridized carbons (Fsp3) is 0.375. The predicted octanol–water partition coefficient (Wildman–Crippen LogP) is 4.23. The Hall–Kier alpha value is -2.95. The van der Waals surface area contributed by atoms with Crippen molar-refractivity contribution in [2.45, 2.75) is 51.4 Å². The van der Waals surface area contributed by atoms with E-state index in [1.54, 1.807) is 0 Å². The SMILES string of the molecule is CC(C)(C)c1nc(CCNC(=O)C(C)(Cc2ccccc2)c2ccccc2)no1. The third kappa shape index (κ3) is 5.11. The average molecular weight is 392 g/mol. The van der Waals surface area contributed by atoms with Gasteiger partial charge in [-0.2, -0.15) is 4.98 Å². The average Bonchev–Trinajstić information content (AvgIpc) is 3.19. The highest BCUT2D eigenvalue weighted by Crippen LogP contribution is 2.28. The Labute approximate surface area is 172 Å². The summed E-state index contributed by atoms with van der Waals surface area (Å²) in [6.45, 7) is 8.54. The molecule has 5 nitrogen and oxygen atoms in total. The molecule has 29 heavy (non-hydrogen) atoms. The number of rotatable bonds is 7. The van der Waals surface area contributed by atoms with Gasteiger partial charge in [-0.05, 0) is 24.5 Å². The molecule has 0 spiro atoms. The second-order valence-corrected chi connectivity index (χ2v) is 8.63. The number of carbonyl (C=O) groups excluding carboxylic acids is 1. The van der Waals surface area contributed by atoms with E-state index in [0.29, 0.717) is 31.1 Å². The fourth-order valence-corrected chi connectivity index (χ4v) is 3.27. The van der Waals surface area contributed by atoms with Crippen LogP contribution in [0.3, 0.4) is 0 Å². The van der Waals surface area contributed by atoms with Gasteiger partial charge in [0.2, 0.25) is 11.8 Å². The van der Waals surface area contributed by atoms with Crippen LogP contribution in [0.5, 0.6) is 0 Å². The highest BCUT2D eigenvalue weighted by molar-refractivity contribution is 5.88. The van der Waals surface area contributed by atoms with Crippen LogP contribution < -0.4 is 5.32 Å². The van der Waals surface area contributed by atoms with Gasteiger partial charge >= 0.3 is 0 Å². The Kier molecular flexibility index (Phi) is 6.16. The molecule has 1 aromatic heterocycles. The maximum atomic E-state index is 13.2. The Bertz CT molecular complexity index is 930. The minimum Gasteiger partial charge on any atom is -0.355 e. The topological polar surface area (TPSA) is 68.0 Å². The smallest absolute Gasteiger partial charge is 0.232 e. The summed E-state index contributed by atoms with van der Waals surface area (Å²) in [5, 5.41) is 7.11. The van der Waals surface area contributed by atoms with Gasteiger partial charge in [0.25, 0.3) is 0 Å². The van der Waals surface area contributed by atoms with Crippen molar-refractivity contribution >= 4 is 5.91 Å². The van der Waals surface area contributed by atoms with Crippen LogP contribution in [0.2, 0.25) is 0 Å². The van der Waals surface area contributed by atoms with Crippen molar-refractivity contribution in [2.75, 3.05) is 6.54 Å². The third-order valence-electron chi connectivity index (χ3n) is 5.06. The van der Waals surface area contributed by atoms with Gasteiger partial charge < -0.3 is 9.84 Å². The molecule has 1 heterocycles. The van der Waals surface area contributed by atoms with Crippen LogP contribution in [0.25, 0.3) is 0 Å². The maximum Gasteiger partial charge on any atom is 0.232 e. The Morgan fingerprint density at radius 3 is 2.17 bits per heavy atom. The number of nitrogens with one attached hydrogen (secondary N) is 1. The lowest BCUT2D eigenvalue weighted by Gasteiger charge is -2.29. The number of amides is 1. The largest absolute Gasteiger partial charge is 0.355 e. The summed E-state index contributed by atoms with van der Waals surface area (Å²) >= 11 is 0. The van der Waals surface area contributed by atoms with E-state index in [0.717, 1.165) is 11.1 Å². The monoisotopic (exact) mass is 391 g/mol. The lowest BCUT2D eigenvalue weighted by atomic mass is 9.76. The second-order valence-electron chi connectivity index (χ2n) is 8.63. The van der Waals surface area contributed by atoms with Crippen LogP contribution >= 0.6 is 0 Å². The molecule has 1 unspecified atom stereocenters. The van der Waals surface area contributed by atoms with Crippen molar-refractivity contribution in [3.05, 3.63) is 83.5 Å². The molecular formula is C24H29N3O2. The normalized spacial score (nSPS) is 13.7. The first-order valence-corrected chi connectivity index (χ1v) is 10.00. The zero-order valence-electron chi connectivity index (χ0n) is 17.6. The first kappa shape index (κ1) is 20.8. The number of hydrogen-bond acceptors (Lipinski definition) is 4. The van der Waals surface area contributed by atoms with Gasteiger partial charge in [-0.25, -0.2) is 0 Å². The Morgan fingerprint density at radius 1 is 0.966 bits per heavy atom. The van der Waals surface area contributed by atoms with Gasteiger partial charge in [0, 0.05) is 18.4 Å². The van der Waals surface area contributed by atoms with Crippen molar-refractivity contribution in [3.8, 4) is 0 Å². The predicted molar refractivity (Wildman–Crippen MR) is 114 cm³/mol. The molecule has 5 heteroatoms. The molecule has 0 aliphatic carbocycles. The molecule has 1 atom stereocenters. The summed E-state index contributed by atoms with van der Waals surface area (Å²) in [7, 11) is 0. The van der Waals surface area contributed by atoms with Gasteiger partial charge in [-0.15, -0.1) is 0 Å². The summed E-state index contributed by atoms with van der Waals surface area (Å²) in [5.74, 6) is 1.21. The molecule has 3 aromatic rings. The molecule has 0 saturated carbocycles. The molecule has 0 bridgehead atoms. The summed E-state index contributed by atoms with van der Waals surface area (Å²) in [6.07, 6.45) is 1.15. The van der Waals surface area contributed by atoms with E-state index in [1.165, 1.54) is 0 Å². The van der Waals surface area contributed by atoms with E-state index >= 15 is 0 Å². The van der Waals surface area contributed by atoms with E-state index < -0.39 is 5.41 Å². The molecule has 0 saturated heterocycles. The number of carbonyl (C=O) groups is 1. The first-order chi connectivity index (χ1) is 13.8. The Balaban J connectivity index is 1.71. The molecule has 1 amide bonds. The fourth-order valence-electron chi connectivity index (χ4n) is 3.27. The lowest BCUT2D eigenvalue weighted by Crippen LogP contribution is -2.44. The van der Waals surface area contributed by atoms with Crippen LogP contribution in [-0.4, -0.2) is 22.6 Å². The zero-order chi connectivity index (χ0) is 20.9. The molecule has 0 fully saturated rings. The third-order valence-corrected chi connectivity index (χ3v) is 5.06. The number of nitrogens with zero attached hydrogens (tertiary/aromatic N) is 2. The minimum atomic E-state index is -0.670. The maximum absolute atomic E-state index is 13.2. The summed E-state index contributed by atoms with van der Waals surface area (Å²) in [5.41, 5.74) is 1.27. The molecule has 3 rings (SSSR count). The number of aromatic nitrogens is 2. The summed E-state index contributed by atoms with van der Waals surface area (Å²) < 4.78 is 5.33. The Morgan fingerprint density at radius 2 is 1.59 bits per heavy atom. The van der Waals surface area contributed by atoms with Gasteiger partial charge in [0.1, 0.15) is 0 Å². The van der Waals surface area contributed by atoms with Crippen LogP contribution in [0, 0.1) is 0 Å². The standard InChI is InChI=1S/C24H29N3O2/c1-23(2,3)22-26-20(27-29-22)15-16-25-21(28)24(4,19-13-9-6-10-14-19)17-18-11-7-5-8-12-18/h5-14H,15-17H2,1-4H3,(H,25,28). The zero-order valence-corrected chi connectivity index (χ0v) is 17.6. The molecule has 0 radical (unpaired) electrons. The van der Waals surface area contributed by atoms with E-state index in [1.807, 2.05) is 76.2 Å². The highest BCUT2D eigenvalue weighted by atomic mass is 16.5. The van der Waals surface area contributed by atoms with Crippen molar-refractivity contribution in [1.82, 2.24) is 15.5 Å². The highest BCUT2D eigenvalue weighted by Gasteiger charge is 2.35. The molecular weight excluding hydrogens is 362 g/mol. The summed E-state index contributed by atoms with van der Waals surface area (Å²) in [6, 6.07) is 20.0. The lowest BCUT2D eigenvalue weighted by molar-refractivity contribution is -0.126. The number of hydrogen-bond donors (Lipinski definition) is 1. The number of benzene rings is 2. The van der Waals surface area contributed by atoms with Gasteiger partial charge in [-0.1, -0.05) is 86.6 Å². The van der Waals surface area contributed by atoms with Crippen molar-refractivity contribution in [1.29, 1.82) is 0 Å². The van der Waals surface area contributed by atoms with E-state index in [4.69, 9.17) is 4.52 Å². The van der Waals surface area contributed by atoms with Crippen LogP contribution in [0.4, 0.5) is 0 Å². The molecule has 0 aliphatic rings. The van der Waals surface area contributed by atoms with Crippen molar-refractivity contribution in [3.63, 3.8) is 0 Å². The van der Waals surface area contributed by atoms with Crippen molar-refractivity contribution < 1.29 is 9.32 Å². The van der Waals surface area contributed by atoms with Crippen LogP contribution in [-0.2, 0) is 28.5 Å². The summed E-state index contributed by atoms with van der Waals surface area (Å²) in [4.78, 5) is 17.7. The van der Waals surface area contributed by atoms with E-state index in [-0.39, 0.29) is 11.3 Å². The quantitative estimate of drug-likeness (QED) is 0.655. The molecule has 0 aliphatic heterocycles. The second kappa shape index (κ2) is 8.60. The molecule has 152 valence electrons. The van der Waals surface area contributed by atoms with Crippen LogP contribution in [0.1, 0.15) is 50.5 Å². The molecule has 2 aromatic carbocycles. The van der Waals surface area contributed by atoms with E-state index in [2.05, 4.69) is 27.6 Å². The first-order valence-electron chi connectivity index (χ1n) is 10.00. The van der Waals surface area contributed by atoms with Gasteiger partial charge in [0.15, 0.2) is 5.82 Å². The van der Waals surface area contributed by atoms with E-state index in [9.17, 15) is 4.79 Å². The minimum absolute atomic E-state index is 0.00732. The van der Waals surface area contributed by atoms with Gasteiger partial charge in [-0.3, -0.25) is 4.79 Å².